The smallest absolute Gasteiger partial charge is 0.416 e. The fraction of sp³-hybridized carbons (Fsp3) is 0.100. The highest BCUT2D eigenvalue weighted by molar-refractivity contribution is 6.30. The highest BCUT2D eigenvalue weighted by Gasteiger charge is 2.32. The van der Waals surface area contributed by atoms with Gasteiger partial charge in [-0.1, -0.05) is 11.6 Å². The molecule has 0 aliphatic rings. The summed E-state index contributed by atoms with van der Waals surface area (Å²) in [6.07, 6.45) is -0.183. The van der Waals surface area contributed by atoms with Gasteiger partial charge in [-0.05, 0) is 54.7 Å². The van der Waals surface area contributed by atoms with Crippen molar-refractivity contribution in [3.05, 3.63) is 82.7 Å². The van der Waals surface area contributed by atoms with E-state index in [4.69, 9.17) is 16.3 Å². The third-order valence-corrected chi connectivity index (χ3v) is 3.78. The van der Waals surface area contributed by atoms with E-state index >= 15 is 0 Å². The molecule has 0 unspecified atom stereocenters. The first-order valence-corrected chi connectivity index (χ1v) is 8.57. The highest BCUT2D eigenvalue weighted by Crippen LogP contribution is 2.35. The molecule has 2 N–H and O–H groups in total. The Morgan fingerprint density at radius 1 is 1.14 bits per heavy atom. The summed E-state index contributed by atoms with van der Waals surface area (Å²) in [7, 11) is 1.62. The van der Waals surface area contributed by atoms with Crippen molar-refractivity contribution in [1.29, 1.82) is 0 Å². The van der Waals surface area contributed by atoms with Crippen LogP contribution in [0, 0.1) is 0 Å². The Morgan fingerprint density at radius 2 is 1.83 bits per heavy atom. The summed E-state index contributed by atoms with van der Waals surface area (Å²) in [6, 6.07) is 8.42. The van der Waals surface area contributed by atoms with Gasteiger partial charge in [-0.15, -0.1) is 0 Å². The van der Waals surface area contributed by atoms with E-state index in [1.807, 2.05) is 0 Å². The molecule has 0 fully saturated rings. The normalized spacial score (nSPS) is 12.0. The second-order valence-electron chi connectivity index (χ2n) is 5.60. The quantitative estimate of drug-likeness (QED) is 0.384. The van der Waals surface area contributed by atoms with Crippen LogP contribution >= 0.6 is 11.6 Å². The SMILES string of the molecule is CN/C=C\C(=C/C=O)NC(=O)c1ccc(C(F)(F)F)cc1Oc1ccc(Cl)cc1. The standard InChI is InChI=1S/C20H16ClF3N2O3/c1-25-10-8-15(9-11-27)26-19(28)17-7-2-13(20(22,23)24)12-18(17)29-16-5-3-14(21)4-6-16/h2-12,25H,1H3,(H,26,28)/b10-8-,15-9+. The molecular formula is C20H16ClF3N2O3. The lowest BCUT2D eigenvalue weighted by molar-refractivity contribution is -0.137. The summed E-state index contributed by atoms with van der Waals surface area (Å²) in [5.74, 6) is -0.860. The third kappa shape index (κ3) is 6.39. The number of halogens is 4. The maximum atomic E-state index is 13.1. The van der Waals surface area contributed by atoms with Crippen molar-refractivity contribution in [2.75, 3.05) is 7.05 Å². The van der Waals surface area contributed by atoms with E-state index < -0.39 is 17.6 Å². The lowest BCUT2D eigenvalue weighted by atomic mass is 10.1. The number of carbonyl (C=O) groups excluding carboxylic acids is 2. The van der Waals surface area contributed by atoms with E-state index in [9.17, 15) is 22.8 Å². The second kappa shape index (κ2) is 9.79. The molecule has 2 aromatic rings. The topological polar surface area (TPSA) is 67.4 Å². The predicted molar refractivity (Wildman–Crippen MR) is 103 cm³/mol. The number of rotatable bonds is 7. The van der Waals surface area contributed by atoms with Gasteiger partial charge in [0.15, 0.2) is 0 Å². The van der Waals surface area contributed by atoms with Crippen molar-refractivity contribution in [2.45, 2.75) is 6.18 Å². The first kappa shape index (κ1) is 22.0. The number of benzene rings is 2. The third-order valence-electron chi connectivity index (χ3n) is 3.53. The first-order chi connectivity index (χ1) is 13.7. The minimum atomic E-state index is -4.62. The number of ether oxygens (including phenoxy) is 1. The highest BCUT2D eigenvalue weighted by atomic mass is 35.5. The number of allylic oxidation sites excluding steroid dienone is 2. The van der Waals surface area contributed by atoms with Gasteiger partial charge in [0.05, 0.1) is 11.1 Å². The van der Waals surface area contributed by atoms with E-state index in [0.29, 0.717) is 11.3 Å². The number of nitrogens with one attached hydrogen (secondary N) is 2. The van der Waals surface area contributed by atoms with Gasteiger partial charge in [0.1, 0.15) is 17.8 Å². The van der Waals surface area contributed by atoms with Crippen molar-refractivity contribution < 1.29 is 27.5 Å². The first-order valence-electron chi connectivity index (χ1n) is 8.20. The van der Waals surface area contributed by atoms with Crippen molar-refractivity contribution in [3.63, 3.8) is 0 Å². The van der Waals surface area contributed by atoms with E-state index in [0.717, 1.165) is 24.3 Å². The summed E-state index contributed by atoms with van der Waals surface area (Å²) in [5, 5.41) is 5.55. The molecule has 5 nitrogen and oxygen atoms in total. The molecule has 0 spiro atoms. The predicted octanol–water partition coefficient (Wildman–Crippen LogP) is 4.70. The maximum absolute atomic E-state index is 13.1. The van der Waals surface area contributed by atoms with Gasteiger partial charge < -0.3 is 15.4 Å². The summed E-state index contributed by atoms with van der Waals surface area (Å²) in [4.78, 5) is 23.4. The summed E-state index contributed by atoms with van der Waals surface area (Å²) < 4.78 is 44.8. The van der Waals surface area contributed by atoms with Crippen LogP contribution in [0.15, 0.2) is 66.5 Å². The van der Waals surface area contributed by atoms with E-state index in [1.54, 1.807) is 7.05 Å². The number of hydrogen-bond donors (Lipinski definition) is 2. The van der Waals surface area contributed by atoms with Crippen LogP contribution in [-0.4, -0.2) is 19.2 Å². The Morgan fingerprint density at radius 3 is 2.41 bits per heavy atom. The Balaban J connectivity index is 2.42. The number of amides is 1. The lowest BCUT2D eigenvalue weighted by Crippen LogP contribution is -2.23. The van der Waals surface area contributed by atoms with Crippen molar-refractivity contribution in [3.8, 4) is 11.5 Å². The Hall–Kier alpha value is -3.26. The summed E-state index contributed by atoms with van der Waals surface area (Å²) in [6.45, 7) is 0. The molecule has 0 atom stereocenters. The van der Waals surface area contributed by atoms with Crippen LogP contribution in [0.1, 0.15) is 15.9 Å². The van der Waals surface area contributed by atoms with Gasteiger partial charge >= 0.3 is 6.18 Å². The van der Waals surface area contributed by atoms with Crippen molar-refractivity contribution in [1.82, 2.24) is 10.6 Å². The Bertz CT molecular complexity index is 939. The average molecular weight is 425 g/mol. The van der Waals surface area contributed by atoms with Crippen LogP contribution in [0.4, 0.5) is 13.2 Å². The number of carbonyl (C=O) groups is 2. The molecule has 0 bridgehead atoms. The number of aldehydes is 1. The monoisotopic (exact) mass is 424 g/mol. The Labute approximate surface area is 169 Å². The number of hydrogen-bond acceptors (Lipinski definition) is 4. The zero-order chi connectivity index (χ0) is 21.4. The van der Waals surface area contributed by atoms with E-state index in [-0.39, 0.29) is 22.8 Å². The molecule has 2 rings (SSSR count). The summed E-state index contributed by atoms with van der Waals surface area (Å²) >= 11 is 5.80. The maximum Gasteiger partial charge on any atom is 0.416 e. The molecule has 29 heavy (non-hydrogen) atoms. The van der Waals surface area contributed by atoms with Crippen LogP contribution in [0.2, 0.25) is 5.02 Å². The van der Waals surface area contributed by atoms with Gasteiger partial charge in [0.25, 0.3) is 5.91 Å². The second-order valence-corrected chi connectivity index (χ2v) is 6.04. The average Bonchev–Trinajstić information content (AvgIpc) is 2.67. The molecule has 9 heteroatoms. The van der Waals surface area contributed by atoms with Crippen LogP contribution in [0.5, 0.6) is 11.5 Å². The molecule has 0 aromatic heterocycles. The molecule has 1 amide bonds. The molecule has 2 aromatic carbocycles. The van der Waals surface area contributed by atoms with Crippen LogP contribution < -0.4 is 15.4 Å². The van der Waals surface area contributed by atoms with Gasteiger partial charge in [-0.3, -0.25) is 9.59 Å². The minimum Gasteiger partial charge on any atom is -0.457 e. The fourth-order valence-corrected chi connectivity index (χ4v) is 2.31. The van der Waals surface area contributed by atoms with Gasteiger partial charge in [0.2, 0.25) is 0 Å². The molecule has 0 radical (unpaired) electrons. The van der Waals surface area contributed by atoms with Gasteiger partial charge in [-0.25, -0.2) is 0 Å². The molecular weight excluding hydrogens is 409 g/mol. The fourth-order valence-electron chi connectivity index (χ4n) is 2.18. The molecule has 0 heterocycles. The molecule has 0 aliphatic heterocycles. The van der Waals surface area contributed by atoms with Crippen LogP contribution in [0.25, 0.3) is 0 Å². The molecule has 152 valence electrons. The van der Waals surface area contributed by atoms with E-state index in [2.05, 4.69) is 10.6 Å². The molecule has 0 saturated carbocycles. The summed E-state index contributed by atoms with van der Waals surface area (Å²) in [5.41, 5.74) is -0.990. The zero-order valence-electron chi connectivity index (χ0n) is 15.1. The van der Waals surface area contributed by atoms with Crippen molar-refractivity contribution >= 4 is 23.8 Å². The minimum absolute atomic E-state index is 0.136. The van der Waals surface area contributed by atoms with Crippen LogP contribution in [0.3, 0.4) is 0 Å². The largest absolute Gasteiger partial charge is 0.457 e. The molecule has 0 saturated heterocycles. The lowest BCUT2D eigenvalue weighted by Gasteiger charge is -2.15. The van der Waals surface area contributed by atoms with Crippen LogP contribution in [-0.2, 0) is 11.0 Å². The zero-order valence-corrected chi connectivity index (χ0v) is 15.8. The van der Waals surface area contributed by atoms with Gasteiger partial charge in [-0.2, -0.15) is 13.2 Å². The Kier molecular flexibility index (Phi) is 7.44. The van der Waals surface area contributed by atoms with E-state index in [1.165, 1.54) is 36.5 Å². The van der Waals surface area contributed by atoms with Crippen molar-refractivity contribution in [2.24, 2.45) is 0 Å². The molecule has 0 aliphatic carbocycles. The number of alkyl halides is 3. The van der Waals surface area contributed by atoms with Gasteiger partial charge in [0, 0.05) is 23.8 Å².